The standard InChI is InChI=1S/C11H17N3/c1-8-5-6-10-12-11(9-3-2-4-9)13-14(10)7-8/h8-9H,2-7H2,1H3. The molecular formula is C11H17N3. The van der Waals surface area contributed by atoms with Gasteiger partial charge in [0.25, 0.3) is 0 Å². The van der Waals surface area contributed by atoms with Gasteiger partial charge in [0, 0.05) is 18.9 Å². The van der Waals surface area contributed by atoms with Crippen LogP contribution in [0.5, 0.6) is 0 Å². The highest BCUT2D eigenvalue weighted by Crippen LogP contribution is 2.35. The molecule has 1 unspecified atom stereocenters. The summed E-state index contributed by atoms with van der Waals surface area (Å²) in [6.45, 7) is 3.38. The Labute approximate surface area is 84.5 Å². The fraction of sp³-hybridized carbons (Fsp3) is 0.818. The van der Waals surface area contributed by atoms with Crippen LogP contribution in [0.1, 0.15) is 50.2 Å². The Hall–Kier alpha value is -0.860. The van der Waals surface area contributed by atoms with Crippen LogP contribution >= 0.6 is 0 Å². The van der Waals surface area contributed by atoms with Crippen LogP contribution in [0, 0.1) is 5.92 Å². The minimum atomic E-state index is 0.684. The number of rotatable bonds is 1. The lowest BCUT2D eigenvalue weighted by molar-refractivity contribution is 0.361. The van der Waals surface area contributed by atoms with Crippen LogP contribution in [0.25, 0.3) is 0 Å². The van der Waals surface area contributed by atoms with Crippen molar-refractivity contribution in [1.29, 1.82) is 0 Å². The van der Waals surface area contributed by atoms with Gasteiger partial charge in [0.2, 0.25) is 0 Å². The minimum absolute atomic E-state index is 0.684. The Morgan fingerprint density at radius 2 is 2.14 bits per heavy atom. The van der Waals surface area contributed by atoms with E-state index in [2.05, 4.69) is 21.7 Å². The van der Waals surface area contributed by atoms with Gasteiger partial charge in [-0.25, -0.2) is 9.67 Å². The Kier molecular flexibility index (Phi) is 1.85. The van der Waals surface area contributed by atoms with Gasteiger partial charge in [-0.3, -0.25) is 0 Å². The molecule has 3 nitrogen and oxygen atoms in total. The van der Waals surface area contributed by atoms with E-state index < -0.39 is 0 Å². The second-order valence-corrected chi connectivity index (χ2v) is 4.84. The van der Waals surface area contributed by atoms with E-state index in [4.69, 9.17) is 0 Å². The molecule has 2 heterocycles. The minimum Gasteiger partial charge on any atom is -0.250 e. The molecule has 0 spiro atoms. The van der Waals surface area contributed by atoms with Gasteiger partial charge < -0.3 is 0 Å². The molecule has 0 aromatic carbocycles. The van der Waals surface area contributed by atoms with Crippen LogP contribution in [0.15, 0.2) is 0 Å². The summed E-state index contributed by atoms with van der Waals surface area (Å²) in [6, 6.07) is 0. The predicted molar refractivity (Wildman–Crippen MR) is 54.1 cm³/mol. The molecule has 1 aromatic rings. The van der Waals surface area contributed by atoms with Crippen molar-refractivity contribution in [3.05, 3.63) is 11.6 Å². The topological polar surface area (TPSA) is 30.7 Å². The van der Waals surface area contributed by atoms with Gasteiger partial charge in [-0.2, -0.15) is 5.10 Å². The lowest BCUT2D eigenvalue weighted by atomic mass is 9.85. The van der Waals surface area contributed by atoms with Gasteiger partial charge in [-0.15, -0.1) is 0 Å². The summed E-state index contributed by atoms with van der Waals surface area (Å²) in [6.07, 6.45) is 6.38. The van der Waals surface area contributed by atoms with Gasteiger partial charge >= 0.3 is 0 Å². The Morgan fingerprint density at radius 3 is 2.86 bits per heavy atom. The SMILES string of the molecule is CC1CCc2nc(C3CCC3)nn2C1. The fourth-order valence-electron chi connectivity index (χ4n) is 2.33. The maximum Gasteiger partial charge on any atom is 0.154 e. The van der Waals surface area contributed by atoms with Gasteiger partial charge in [0.05, 0.1) is 0 Å². The van der Waals surface area contributed by atoms with Crippen LogP contribution in [-0.4, -0.2) is 14.8 Å². The zero-order chi connectivity index (χ0) is 9.54. The van der Waals surface area contributed by atoms with E-state index >= 15 is 0 Å². The van der Waals surface area contributed by atoms with E-state index in [1.807, 2.05) is 0 Å². The average molecular weight is 191 g/mol. The fourth-order valence-corrected chi connectivity index (χ4v) is 2.33. The summed E-state index contributed by atoms with van der Waals surface area (Å²) < 4.78 is 2.14. The van der Waals surface area contributed by atoms with Crippen molar-refractivity contribution in [2.45, 2.75) is 51.5 Å². The third kappa shape index (κ3) is 1.26. The first-order valence-corrected chi connectivity index (χ1v) is 5.76. The van der Waals surface area contributed by atoms with Crippen molar-refractivity contribution in [3.8, 4) is 0 Å². The molecule has 1 aliphatic heterocycles. The van der Waals surface area contributed by atoms with Crippen molar-refractivity contribution in [1.82, 2.24) is 14.8 Å². The molecule has 3 heteroatoms. The second kappa shape index (κ2) is 3.07. The number of aryl methyl sites for hydroxylation is 1. The van der Waals surface area contributed by atoms with E-state index in [-0.39, 0.29) is 0 Å². The van der Waals surface area contributed by atoms with Crippen molar-refractivity contribution in [2.75, 3.05) is 0 Å². The Balaban J connectivity index is 1.87. The monoisotopic (exact) mass is 191 g/mol. The van der Waals surface area contributed by atoms with E-state index in [0.717, 1.165) is 24.7 Å². The van der Waals surface area contributed by atoms with E-state index in [9.17, 15) is 0 Å². The first-order chi connectivity index (χ1) is 6.83. The number of hydrogen-bond donors (Lipinski definition) is 0. The van der Waals surface area contributed by atoms with Crippen molar-refractivity contribution in [2.24, 2.45) is 5.92 Å². The Bertz CT molecular complexity index is 338. The van der Waals surface area contributed by atoms with Gasteiger partial charge in [-0.05, 0) is 25.2 Å². The highest BCUT2D eigenvalue weighted by Gasteiger charge is 2.26. The lowest BCUT2D eigenvalue weighted by Crippen LogP contribution is -2.19. The first-order valence-electron chi connectivity index (χ1n) is 5.76. The van der Waals surface area contributed by atoms with Crippen LogP contribution in [0.4, 0.5) is 0 Å². The Morgan fingerprint density at radius 1 is 1.29 bits per heavy atom. The third-order valence-corrected chi connectivity index (χ3v) is 3.58. The molecule has 76 valence electrons. The molecule has 2 aliphatic rings. The maximum absolute atomic E-state index is 4.66. The zero-order valence-electron chi connectivity index (χ0n) is 8.74. The molecule has 0 amide bonds. The number of fused-ring (bicyclic) bond motifs is 1. The maximum atomic E-state index is 4.66. The summed E-state index contributed by atoms with van der Waals surface area (Å²) in [5.74, 6) is 3.81. The lowest BCUT2D eigenvalue weighted by Gasteiger charge is -2.21. The second-order valence-electron chi connectivity index (χ2n) is 4.84. The van der Waals surface area contributed by atoms with E-state index in [0.29, 0.717) is 5.92 Å². The summed E-state index contributed by atoms with van der Waals surface area (Å²) in [5, 5.41) is 4.63. The van der Waals surface area contributed by atoms with Crippen molar-refractivity contribution >= 4 is 0 Å². The van der Waals surface area contributed by atoms with Crippen LogP contribution in [0.2, 0.25) is 0 Å². The zero-order valence-corrected chi connectivity index (χ0v) is 8.74. The summed E-state index contributed by atoms with van der Waals surface area (Å²) in [4.78, 5) is 4.66. The van der Waals surface area contributed by atoms with Crippen LogP contribution < -0.4 is 0 Å². The van der Waals surface area contributed by atoms with Crippen LogP contribution in [-0.2, 0) is 13.0 Å². The van der Waals surface area contributed by atoms with Crippen molar-refractivity contribution in [3.63, 3.8) is 0 Å². The quantitative estimate of drug-likeness (QED) is 0.680. The number of hydrogen-bond acceptors (Lipinski definition) is 2. The highest BCUT2D eigenvalue weighted by molar-refractivity contribution is 5.04. The van der Waals surface area contributed by atoms with Crippen LogP contribution in [0.3, 0.4) is 0 Å². The molecule has 1 aliphatic carbocycles. The molecule has 1 aromatic heterocycles. The molecule has 14 heavy (non-hydrogen) atoms. The summed E-state index contributed by atoms with van der Waals surface area (Å²) in [7, 11) is 0. The smallest absolute Gasteiger partial charge is 0.154 e. The molecule has 0 saturated heterocycles. The largest absolute Gasteiger partial charge is 0.250 e. The molecular weight excluding hydrogens is 174 g/mol. The van der Waals surface area contributed by atoms with Crippen molar-refractivity contribution < 1.29 is 0 Å². The third-order valence-electron chi connectivity index (χ3n) is 3.58. The van der Waals surface area contributed by atoms with E-state index in [1.165, 1.54) is 31.5 Å². The van der Waals surface area contributed by atoms with E-state index in [1.54, 1.807) is 0 Å². The molecule has 1 atom stereocenters. The summed E-state index contributed by atoms with van der Waals surface area (Å²) >= 11 is 0. The normalized spacial score (nSPS) is 27.1. The van der Waals surface area contributed by atoms with Gasteiger partial charge in [0.1, 0.15) is 5.82 Å². The first kappa shape index (κ1) is 8.45. The molecule has 0 N–H and O–H groups in total. The summed E-state index contributed by atoms with van der Waals surface area (Å²) in [5.41, 5.74) is 0. The molecule has 0 bridgehead atoms. The molecule has 3 rings (SSSR count). The van der Waals surface area contributed by atoms with Gasteiger partial charge in [-0.1, -0.05) is 13.3 Å². The number of nitrogens with zero attached hydrogens (tertiary/aromatic N) is 3. The molecule has 0 radical (unpaired) electrons. The number of aromatic nitrogens is 3. The van der Waals surface area contributed by atoms with Gasteiger partial charge in [0.15, 0.2) is 5.82 Å². The average Bonchev–Trinajstić information content (AvgIpc) is 2.43. The predicted octanol–water partition coefficient (Wildman–Crippen LogP) is 2.13. The molecule has 1 fully saturated rings. The highest BCUT2D eigenvalue weighted by atomic mass is 15.4. The molecule has 1 saturated carbocycles.